The van der Waals surface area contributed by atoms with Gasteiger partial charge in [0.1, 0.15) is 12.2 Å². The molecular weight excluding hydrogens is 248 g/mol. The minimum Gasteiger partial charge on any atom is -0.475 e. The van der Waals surface area contributed by atoms with Gasteiger partial charge in [-0.3, -0.25) is 9.59 Å². The average molecular weight is 264 g/mol. The van der Waals surface area contributed by atoms with Crippen molar-refractivity contribution in [3.63, 3.8) is 0 Å². The van der Waals surface area contributed by atoms with Crippen LogP contribution < -0.4 is 4.74 Å². The summed E-state index contributed by atoms with van der Waals surface area (Å²) in [6.45, 7) is 5.75. The molecule has 0 fully saturated rings. The number of carbonyl (C=O) groups is 3. The lowest BCUT2D eigenvalue weighted by Gasteiger charge is -2.13. The Labute approximate surface area is 111 Å². The van der Waals surface area contributed by atoms with Crippen LogP contribution in [0.2, 0.25) is 0 Å². The Bertz CT molecular complexity index is 517. The van der Waals surface area contributed by atoms with Gasteiger partial charge in [-0.15, -0.1) is 0 Å². The molecule has 0 unspecified atom stereocenters. The van der Waals surface area contributed by atoms with Crippen LogP contribution in [0.1, 0.15) is 37.3 Å². The van der Waals surface area contributed by atoms with Gasteiger partial charge in [-0.05, 0) is 30.0 Å². The number of ketones is 1. The number of carboxylic acids is 1. The molecule has 5 nitrogen and oxygen atoms in total. The second-order valence-electron chi connectivity index (χ2n) is 4.58. The van der Waals surface area contributed by atoms with Gasteiger partial charge < -0.3 is 9.84 Å². The molecule has 0 aliphatic carbocycles. The third-order valence-corrected chi connectivity index (χ3v) is 2.56. The number of aryl methyl sites for hydroxylation is 1. The molecule has 0 atom stereocenters. The normalized spacial score (nSPS) is 10.3. The highest BCUT2D eigenvalue weighted by Crippen LogP contribution is 2.27. The van der Waals surface area contributed by atoms with Gasteiger partial charge in [-0.1, -0.05) is 26.0 Å². The molecule has 0 aromatic heterocycles. The lowest BCUT2D eigenvalue weighted by atomic mass is 10.0. The third kappa shape index (κ3) is 4.21. The van der Waals surface area contributed by atoms with Gasteiger partial charge in [-0.25, -0.2) is 4.79 Å². The van der Waals surface area contributed by atoms with Gasteiger partial charge in [-0.2, -0.15) is 0 Å². The van der Waals surface area contributed by atoms with Crippen LogP contribution in [0.25, 0.3) is 0 Å². The molecule has 0 aliphatic heterocycles. The van der Waals surface area contributed by atoms with Crippen LogP contribution >= 0.6 is 0 Å². The summed E-state index contributed by atoms with van der Waals surface area (Å²) in [4.78, 5) is 32.8. The highest BCUT2D eigenvalue weighted by atomic mass is 16.5. The van der Waals surface area contributed by atoms with Crippen molar-refractivity contribution in [3.05, 3.63) is 29.3 Å². The van der Waals surface area contributed by atoms with Crippen molar-refractivity contribution in [1.29, 1.82) is 0 Å². The molecule has 0 aliphatic rings. The predicted octanol–water partition coefficient (Wildman–Crippen LogP) is 2.07. The number of carbonyl (C=O) groups excluding carboxylic acids is 2. The lowest BCUT2D eigenvalue weighted by molar-refractivity contribution is -0.152. The molecule has 0 bridgehead atoms. The minimum atomic E-state index is -1.63. The van der Waals surface area contributed by atoms with Crippen LogP contribution in [0.4, 0.5) is 0 Å². The average Bonchev–Trinajstić information content (AvgIpc) is 2.27. The second kappa shape index (κ2) is 6.13. The summed E-state index contributed by atoms with van der Waals surface area (Å²) in [6.07, 6.45) is -0.763. The lowest BCUT2D eigenvalue weighted by Crippen LogP contribution is -2.20. The molecule has 5 heteroatoms. The summed E-state index contributed by atoms with van der Waals surface area (Å²) in [5.41, 5.74) is 1.75. The summed E-state index contributed by atoms with van der Waals surface area (Å²) < 4.78 is 5.09. The van der Waals surface area contributed by atoms with Gasteiger partial charge in [0.15, 0.2) is 0 Å². The van der Waals surface area contributed by atoms with Crippen molar-refractivity contribution in [2.45, 2.75) is 33.1 Å². The third-order valence-electron chi connectivity index (χ3n) is 2.56. The van der Waals surface area contributed by atoms with E-state index in [0.717, 1.165) is 11.1 Å². The smallest absolute Gasteiger partial charge is 0.372 e. The fraction of sp³-hybridized carbons (Fsp3) is 0.357. The molecule has 0 spiro atoms. The van der Waals surface area contributed by atoms with E-state index in [2.05, 4.69) is 0 Å². The first-order valence-corrected chi connectivity index (χ1v) is 5.88. The second-order valence-corrected chi connectivity index (χ2v) is 4.58. The number of hydrogen-bond acceptors (Lipinski definition) is 4. The van der Waals surface area contributed by atoms with E-state index < -0.39 is 24.1 Å². The molecule has 1 aromatic carbocycles. The first kappa shape index (κ1) is 14.9. The number of Topliss-reactive ketones (excluding diaryl/α,β-unsaturated/α-hetero) is 1. The summed E-state index contributed by atoms with van der Waals surface area (Å²) in [7, 11) is 0. The molecule has 102 valence electrons. The Morgan fingerprint density at radius 2 is 1.89 bits per heavy atom. The summed E-state index contributed by atoms with van der Waals surface area (Å²) in [5, 5.41) is 8.43. The van der Waals surface area contributed by atoms with Crippen LogP contribution in [0.3, 0.4) is 0 Å². The Morgan fingerprint density at radius 1 is 1.26 bits per heavy atom. The summed E-state index contributed by atoms with van der Waals surface area (Å²) in [5.74, 6) is -3.15. The van der Waals surface area contributed by atoms with E-state index >= 15 is 0 Å². The van der Waals surface area contributed by atoms with Crippen molar-refractivity contribution in [2.24, 2.45) is 0 Å². The molecule has 0 saturated heterocycles. The molecule has 0 radical (unpaired) electrons. The molecule has 1 rings (SSSR count). The van der Waals surface area contributed by atoms with Crippen LogP contribution in [0, 0.1) is 6.92 Å². The Kier molecular flexibility index (Phi) is 4.80. The number of benzene rings is 1. The van der Waals surface area contributed by atoms with Crippen LogP contribution in [-0.2, 0) is 14.4 Å². The van der Waals surface area contributed by atoms with E-state index in [1.165, 1.54) is 0 Å². The Balaban J connectivity index is 2.87. The molecule has 1 aromatic rings. The van der Waals surface area contributed by atoms with Gasteiger partial charge in [0.25, 0.3) is 5.78 Å². The first-order chi connectivity index (χ1) is 8.81. The zero-order valence-corrected chi connectivity index (χ0v) is 11.1. The maximum Gasteiger partial charge on any atom is 0.372 e. The van der Waals surface area contributed by atoms with Crippen molar-refractivity contribution < 1.29 is 24.2 Å². The van der Waals surface area contributed by atoms with Gasteiger partial charge >= 0.3 is 11.9 Å². The van der Waals surface area contributed by atoms with Crippen molar-refractivity contribution in [3.8, 4) is 5.75 Å². The number of carboxylic acid groups (broad SMARTS) is 1. The maximum atomic E-state index is 11.5. The van der Waals surface area contributed by atoms with E-state index in [1.54, 1.807) is 6.07 Å². The van der Waals surface area contributed by atoms with E-state index in [-0.39, 0.29) is 5.92 Å². The SMILES string of the molecule is Cc1ccc(C(C)C)c(OC(=O)CC(=O)C(=O)O)c1. The molecular formula is C14H16O5. The highest BCUT2D eigenvalue weighted by molar-refractivity contribution is 6.35. The van der Waals surface area contributed by atoms with E-state index in [0.29, 0.717) is 5.75 Å². The highest BCUT2D eigenvalue weighted by Gasteiger charge is 2.19. The van der Waals surface area contributed by atoms with Gasteiger partial charge in [0.2, 0.25) is 0 Å². The first-order valence-electron chi connectivity index (χ1n) is 5.88. The quantitative estimate of drug-likeness (QED) is 0.381. The largest absolute Gasteiger partial charge is 0.475 e. The molecule has 19 heavy (non-hydrogen) atoms. The molecule has 0 saturated carbocycles. The van der Waals surface area contributed by atoms with Gasteiger partial charge in [0, 0.05) is 0 Å². The van der Waals surface area contributed by atoms with Crippen molar-refractivity contribution >= 4 is 17.7 Å². The van der Waals surface area contributed by atoms with Crippen LogP contribution in [0.5, 0.6) is 5.75 Å². The summed E-state index contributed by atoms with van der Waals surface area (Å²) in [6, 6.07) is 5.44. The zero-order valence-electron chi connectivity index (χ0n) is 11.1. The number of hydrogen-bond donors (Lipinski definition) is 1. The van der Waals surface area contributed by atoms with Crippen LogP contribution in [0.15, 0.2) is 18.2 Å². The fourth-order valence-corrected chi connectivity index (χ4v) is 1.57. The monoisotopic (exact) mass is 264 g/mol. The molecule has 1 N–H and O–H groups in total. The number of rotatable bonds is 5. The van der Waals surface area contributed by atoms with E-state index in [9.17, 15) is 14.4 Å². The predicted molar refractivity (Wildman–Crippen MR) is 68.2 cm³/mol. The number of ether oxygens (including phenoxy) is 1. The Morgan fingerprint density at radius 3 is 2.42 bits per heavy atom. The number of esters is 1. The Hall–Kier alpha value is -2.17. The fourth-order valence-electron chi connectivity index (χ4n) is 1.57. The van der Waals surface area contributed by atoms with E-state index in [1.807, 2.05) is 32.9 Å². The van der Waals surface area contributed by atoms with Crippen LogP contribution in [-0.4, -0.2) is 22.8 Å². The minimum absolute atomic E-state index is 0.151. The number of aliphatic carboxylic acids is 1. The standard InChI is InChI=1S/C14H16O5/c1-8(2)10-5-4-9(3)6-12(10)19-13(16)7-11(15)14(17)18/h4-6,8H,7H2,1-3H3,(H,17,18). The molecule has 0 amide bonds. The topological polar surface area (TPSA) is 80.7 Å². The zero-order chi connectivity index (χ0) is 14.6. The molecule has 0 heterocycles. The van der Waals surface area contributed by atoms with Crippen molar-refractivity contribution in [1.82, 2.24) is 0 Å². The maximum absolute atomic E-state index is 11.5. The van der Waals surface area contributed by atoms with E-state index in [4.69, 9.17) is 9.84 Å². The summed E-state index contributed by atoms with van der Waals surface area (Å²) >= 11 is 0. The van der Waals surface area contributed by atoms with Crippen molar-refractivity contribution in [2.75, 3.05) is 0 Å². The van der Waals surface area contributed by atoms with Gasteiger partial charge in [0.05, 0.1) is 0 Å².